The van der Waals surface area contributed by atoms with E-state index < -0.39 is 0 Å². The second-order valence-electron chi connectivity index (χ2n) is 5.90. The Labute approximate surface area is 141 Å². The summed E-state index contributed by atoms with van der Waals surface area (Å²) in [5.74, 6) is -0.0511. The highest BCUT2D eigenvalue weighted by molar-refractivity contribution is 5.94. The van der Waals surface area contributed by atoms with Crippen LogP contribution < -0.4 is 0 Å². The van der Waals surface area contributed by atoms with Crippen molar-refractivity contribution >= 4 is 16.9 Å². The molecule has 24 heavy (non-hydrogen) atoms. The molecule has 0 spiro atoms. The largest absolute Gasteiger partial charge is 0.336 e. The number of benzene rings is 1. The number of aromatic nitrogens is 4. The standard InChI is InChI=1S/C18H21N5O/c1-4-9-23-12-15(13(2)21-23)18(24)22(3)11-14-10-19-16-7-5-6-8-17(16)20-14/h5-8,10,12H,4,9,11H2,1-3H3. The van der Waals surface area contributed by atoms with Crippen LogP contribution in [0.4, 0.5) is 0 Å². The highest BCUT2D eigenvalue weighted by atomic mass is 16.2. The molecule has 2 heterocycles. The number of fused-ring (bicyclic) bond motifs is 1. The van der Waals surface area contributed by atoms with Gasteiger partial charge in [-0.2, -0.15) is 5.10 Å². The van der Waals surface area contributed by atoms with Gasteiger partial charge in [0.15, 0.2) is 0 Å². The SMILES string of the molecule is CCCn1cc(C(=O)N(C)Cc2cnc3ccccc3n2)c(C)n1. The lowest BCUT2D eigenvalue weighted by Gasteiger charge is -2.16. The number of hydrogen-bond acceptors (Lipinski definition) is 4. The van der Waals surface area contributed by atoms with Crippen LogP contribution in [0.2, 0.25) is 0 Å². The number of carbonyl (C=O) groups excluding carboxylic acids is 1. The molecular weight excluding hydrogens is 302 g/mol. The van der Waals surface area contributed by atoms with Crippen molar-refractivity contribution in [2.45, 2.75) is 33.4 Å². The van der Waals surface area contributed by atoms with Crippen LogP contribution in [0.25, 0.3) is 11.0 Å². The van der Waals surface area contributed by atoms with E-state index in [0.29, 0.717) is 12.1 Å². The third-order valence-corrected chi connectivity index (χ3v) is 3.87. The first kappa shape index (κ1) is 16.1. The molecule has 2 aromatic heterocycles. The fourth-order valence-corrected chi connectivity index (χ4v) is 2.66. The molecule has 3 aromatic rings. The topological polar surface area (TPSA) is 63.9 Å². The number of nitrogens with zero attached hydrogens (tertiary/aromatic N) is 5. The Morgan fingerprint density at radius 3 is 2.75 bits per heavy atom. The minimum absolute atomic E-state index is 0.0511. The molecule has 0 aliphatic carbocycles. The third-order valence-electron chi connectivity index (χ3n) is 3.87. The summed E-state index contributed by atoms with van der Waals surface area (Å²) in [6.07, 6.45) is 4.53. The van der Waals surface area contributed by atoms with Gasteiger partial charge < -0.3 is 4.90 Å². The highest BCUT2D eigenvalue weighted by Crippen LogP contribution is 2.13. The molecule has 3 rings (SSSR count). The minimum atomic E-state index is -0.0511. The molecule has 0 unspecified atom stereocenters. The maximum Gasteiger partial charge on any atom is 0.257 e. The van der Waals surface area contributed by atoms with Gasteiger partial charge in [-0.15, -0.1) is 0 Å². The van der Waals surface area contributed by atoms with E-state index in [9.17, 15) is 4.79 Å². The van der Waals surface area contributed by atoms with Gasteiger partial charge in [-0.25, -0.2) is 4.98 Å². The predicted molar refractivity (Wildman–Crippen MR) is 92.6 cm³/mol. The van der Waals surface area contributed by atoms with Crippen LogP contribution in [0.3, 0.4) is 0 Å². The lowest BCUT2D eigenvalue weighted by Crippen LogP contribution is -2.27. The van der Waals surface area contributed by atoms with E-state index in [-0.39, 0.29) is 5.91 Å². The zero-order valence-corrected chi connectivity index (χ0v) is 14.2. The van der Waals surface area contributed by atoms with Crippen LogP contribution in [0.15, 0.2) is 36.7 Å². The molecule has 0 N–H and O–H groups in total. The van der Waals surface area contributed by atoms with E-state index in [1.165, 1.54) is 0 Å². The van der Waals surface area contributed by atoms with Gasteiger partial charge in [-0.05, 0) is 25.5 Å². The van der Waals surface area contributed by atoms with Gasteiger partial charge in [0.25, 0.3) is 5.91 Å². The molecule has 0 atom stereocenters. The number of aryl methyl sites for hydroxylation is 2. The summed E-state index contributed by atoms with van der Waals surface area (Å²) >= 11 is 0. The van der Waals surface area contributed by atoms with Gasteiger partial charge in [-0.3, -0.25) is 14.5 Å². The lowest BCUT2D eigenvalue weighted by molar-refractivity contribution is 0.0782. The Morgan fingerprint density at radius 1 is 1.25 bits per heavy atom. The molecule has 1 amide bonds. The summed E-state index contributed by atoms with van der Waals surface area (Å²) in [7, 11) is 1.77. The lowest BCUT2D eigenvalue weighted by atomic mass is 10.2. The van der Waals surface area contributed by atoms with Crippen LogP contribution in [-0.2, 0) is 13.1 Å². The van der Waals surface area contributed by atoms with E-state index in [4.69, 9.17) is 0 Å². The summed E-state index contributed by atoms with van der Waals surface area (Å²) in [6.45, 7) is 5.18. The normalized spacial score (nSPS) is 11.0. The van der Waals surface area contributed by atoms with Gasteiger partial charge in [0.2, 0.25) is 0 Å². The molecule has 0 saturated carbocycles. The van der Waals surface area contributed by atoms with Gasteiger partial charge >= 0.3 is 0 Å². The van der Waals surface area contributed by atoms with Crippen LogP contribution >= 0.6 is 0 Å². The van der Waals surface area contributed by atoms with E-state index in [1.807, 2.05) is 42.1 Å². The molecule has 6 nitrogen and oxygen atoms in total. The molecule has 0 aliphatic heterocycles. The third kappa shape index (κ3) is 3.27. The molecule has 0 radical (unpaired) electrons. The predicted octanol–water partition coefficient (Wildman–Crippen LogP) is 2.82. The number of para-hydroxylation sites is 2. The summed E-state index contributed by atoms with van der Waals surface area (Å²) in [5, 5.41) is 4.39. The summed E-state index contributed by atoms with van der Waals surface area (Å²) in [6, 6.07) is 7.71. The number of amides is 1. The van der Waals surface area contributed by atoms with E-state index in [0.717, 1.165) is 35.4 Å². The second kappa shape index (κ2) is 6.78. The van der Waals surface area contributed by atoms with E-state index >= 15 is 0 Å². The van der Waals surface area contributed by atoms with Crippen LogP contribution in [0.5, 0.6) is 0 Å². The van der Waals surface area contributed by atoms with Crippen molar-refractivity contribution in [2.75, 3.05) is 7.05 Å². The first-order valence-corrected chi connectivity index (χ1v) is 8.08. The van der Waals surface area contributed by atoms with Gasteiger partial charge in [0.05, 0.1) is 40.7 Å². The number of carbonyl (C=O) groups is 1. The van der Waals surface area contributed by atoms with Crippen LogP contribution in [0.1, 0.15) is 35.1 Å². The molecular formula is C18H21N5O. The van der Waals surface area contributed by atoms with Crippen molar-refractivity contribution < 1.29 is 4.79 Å². The van der Waals surface area contributed by atoms with Gasteiger partial charge in [0, 0.05) is 19.8 Å². The maximum absolute atomic E-state index is 12.7. The first-order chi connectivity index (χ1) is 11.6. The Morgan fingerprint density at radius 2 is 2.00 bits per heavy atom. The molecule has 124 valence electrons. The van der Waals surface area contributed by atoms with Crippen LogP contribution in [-0.4, -0.2) is 37.6 Å². The van der Waals surface area contributed by atoms with Crippen molar-refractivity contribution in [3.05, 3.63) is 53.6 Å². The Balaban J connectivity index is 1.77. The van der Waals surface area contributed by atoms with Crippen molar-refractivity contribution in [1.82, 2.24) is 24.6 Å². The number of rotatable bonds is 5. The molecule has 0 aliphatic rings. The molecule has 0 fully saturated rings. The van der Waals surface area contributed by atoms with E-state index in [1.54, 1.807) is 18.1 Å². The zero-order chi connectivity index (χ0) is 17.1. The maximum atomic E-state index is 12.7. The fourth-order valence-electron chi connectivity index (χ4n) is 2.66. The number of hydrogen-bond donors (Lipinski definition) is 0. The average Bonchev–Trinajstić information content (AvgIpc) is 2.94. The fraction of sp³-hybridized carbons (Fsp3) is 0.333. The Bertz CT molecular complexity index is 871. The van der Waals surface area contributed by atoms with Crippen molar-refractivity contribution in [3.63, 3.8) is 0 Å². The smallest absolute Gasteiger partial charge is 0.257 e. The first-order valence-electron chi connectivity index (χ1n) is 8.08. The quantitative estimate of drug-likeness (QED) is 0.724. The van der Waals surface area contributed by atoms with Crippen molar-refractivity contribution in [2.24, 2.45) is 0 Å². The van der Waals surface area contributed by atoms with Crippen molar-refractivity contribution in [1.29, 1.82) is 0 Å². The van der Waals surface area contributed by atoms with E-state index in [2.05, 4.69) is 22.0 Å². The average molecular weight is 323 g/mol. The molecule has 6 heteroatoms. The Hall–Kier alpha value is -2.76. The molecule has 0 bridgehead atoms. The zero-order valence-electron chi connectivity index (χ0n) is 14.2. The highest BCUT2D eigenvalue weighted by Gasteiger charge is 2.18. The molecule has 0 saturated heterocycles. The van der Waals surface area contributed by atoms with Crippen molar-refractivity contribution in [3.8, 4) is 0 Å². The minimum Gasteiger partial charge on any atom is -0.336 e. The summed E-state index contributed by atoms with van der Waals surface area (Å²) in [5.41, 5.74) is 3.85. The van der Waals surface area contributed by atoms with Crippen LogP contribution in [0, 0.1) is 6.92 Å². The summed E-state index contributed by atoms with van der Waals surface area (Å²) < 4.78 is 1.83. The van der Waals surface area contributed by atoms with Gasteiger partial charge in [0.1, 0.15) is 0 Å². The van der Waals surface area contributed by atoms with Gasteiger partial charge in [-0.1, -0.05) is 19.1 Å². The molecule has 1 aromatic carbocycles. The monoisotopic (exact) mass is 323 g/mol. The second-order valence-corrected chi connectivity index (χ2v) is 5.90. The Kier molecular flexibility index (Phi) is 4.55. The summed E-state index contributed by atoms with van der Waals surface area (Å²) in [4.78, 5) is 23.3.